The highest BCUT2D eigenvalue weighted by atomic mass is 32.2. The molecule has 0 spiro atoms. The van der Waals surface area contributed by atoms with E-state index in [1.807, 2.05) is 13.0 Å². The van der Waals surface area contributed by atoms with E-state index in [1.54, 1.807) is 38.1 Å². The van der Waals surface area contributed by atoms with Crippen LogP contribution in [0.25, 0.3) is 4.85 Å². The molecule has 2 N–H and O–H groups in total. The Morgan fingerprint density at radius 1 is 1.14 bits per heavy atom. The quantitative estimate of drug-likeness (QED) is 0.306. The summed E-state index contributed by atoms with van der Waals surface area (Å²) in [4.78, 5) is 12.2. The molecule has 1 heterocycles. The first-order chi connectivity index (χ1) is 18.9. The second-order valence-corrected chi connectivity index (χ2v) is 12.0. The minimum Gasteiger partial charge on any atom is -0.495 e. The molecule has 1 saturated carbocycles. The molecule has 0 amide bonds. The van der Waals surface area contributed by atoms with E-state index in [0.717, 1.165) is 36.8 Å². The van der Waals surface area contributed by atoms with Gasteiger partial charge in [-0.2, -0.15) is 0 Å². The molecule has 0 bridgehead atoms. The van der Waals surface area contributed by atoms with E-state index < -0.39 is 22.1 Å². The SMILES string of the molecule is [2H]C([2H])([2H])Oc1cc(C2CCCCC2)c(C)cc1Nc1ncc([N+]#[C-])c(Nc2ccccc2S(=O)(=O)C(C)C)n1. The number of nitrogens with zero attached hydrogens (tertiary/aromatic N) is 3. The zero-order valence-corrected chi connectivity index (χ0v) is 22.0. The largest absolute Gasteiger partial charge is 0.495 e. The number of rotatable bonds is 8. The van der Waals surface area contributed by atoms with Crippen LogP contribution in [0.5, 0.6) is 5.75 Å². The predicted molar refractivity (Wildman–Crippen MR) is 147 cm³/mol. The van der Waals surface area contributed by atoms with Crippen LogP contribution < -0.4 is 15.4 Å². The molecule has 8 nitrogen and oxygen atoms in total. The van der Waals surface area contributed by atoms with Gasteiger partial charge in [0.25, 0.3) is 0 Å². The summed E-state index contributed by atoms with van der Waals surface area (Å²) in [5.74, 6) is 0.688. The summed E-state index contributed by atoms with van der Waals surface area (Å²) < 4.78 is 54.3. The van der Waals surface area contributed by atoms with Crippen molar-refractivity contribution in [3.05, 3.63) is 65.1 Å². The average molecular weight is 523 g/mol. The Labute approximate surface area is 223 Å². The van der Waals surface area contributed by atoms with Crippen LogP contribution in [-0.4, -0.2) is 30.7 Å². The molecular weight excluding hydrogens is 486 g/mol. The number of para-hydroxylation sites is 1. The lowest BCUT2D eigenvalue weighted by molar-refractivity contribution is 0.411. The number of aryl methyl sites for hydroxylation is 1. The van der Waals surface area contributed by atoms with Crippen molar-refractivity contribution >= 4 is 38.7 Å². The van der Waals surface area contributed by atoms with Crippen molar-refractivity contribution in [2.75, 3.05) is 17.7 Å². The molecule has 37 heavy (non-hydrogen) atoms. The van der Waals surface area contributed by atoms with Crippen molar-refractivity contribution in [1.29, 1.82) is 0 Å². The monoisotopic (exact) mass is 522 g/mol. The van der Waals surface area contributed by atoms with Crippen molar-refractivity contribution in [3.63, 3.8) is 0 Å². The highest BCUT2D eigenvalue weighted by molar-refractivity contribution is 7.92. The lowest BCUT2D eigenvalue weighted by atomic mass is 9.82. The molecule has 4 rings (SSSR count). The van der Waals surface area contributed by atoms with Crippen LogP contribution >= 0.6 is 0 Å². The fourth-order valence-electron chi connectivity index (χ4n) is 4.67. The number of hydrogen-bond acceptors (Lipinski definition) is 7. The van der Waals surface area contributed by atoms with Gasteiger partial charge in [-0.05, 0) is 74.9 Å². The Bertz CT molecular complexity index is 1530. The number of anilines is 4. The van der Waals surface area contributed by atoms with Gasteiger partial charge in [-0.15, -0.1) is 0 Å². The summed E-state index contributed by atoms with van der Waals surface area (Å²) in [6, 6.07) is 10.1. The zero-order chi connectivity index (χ0) is 29.1. The number of nitrogens with one attached hydrogen (secondary N) is 2. The molecule has 194 valence electrons. The first kappa shape index (κ1) is 22.5. The van der Waals surface area contributed by atoms with E-state index in [9.17, 15) is 8.42 Å². The lowest BCUT2D eigenvalue weighted by Crippen LogP contribution is -2.15. The molecular formula is C28H33N5O3S. The smallest absolute Gasteiger partial charge is 0.246 e. The van der Waals surface area contributed by atoms with Crippen LogP contribution in [0.15, 0.2) is 47.5 Å². The minimum absolute atomic E-state index is 0.0827. The van der Waals surface area contributed by atoms with Gasteiger partial charge in [-0.25, -0.2) is 23.2 Å². The van der Waals surface area contributed by atoms with E-state index in [4.69, 9.17) is 15.4 Å². The Balaban J connectivity index is 1.71. The molecule has 1 aromatic heterocycles. The first-order valence-electron chi connectivity index (χ1n) is 13.8. The molecule has 0 saturated heterocycles. The van der Waals surface area contributed by atoms with Crippen LogP contribution in [0.3, 0.4) is 0 Å². The van der Waals surface area contributed by atoms with Gasteiger partial charge >= 0.3 is 0 Å². The Kier molecular flexibility index (Phi) is 6.81. The van der Waals surface area contributed by atoms with Gasteiger partial charge in [-0.1, -0.05) is 31.4 Å². The zero-order valence-electron chi connectivity index (χ0n) is 24.2. The van der Waals surface area contributed by atoms with Crippen LogP contribution in [-0.2, 0) is 9.84 Å². The minimum atomic E-state index is -3.62. The fraction of sp³-hybridized carbons (Fsp3) is 0.393. The van der Waals surface area contributed by atoms with E-state index >= 15 is 0 Å². The highest BCUT2D eigenvalue weighted by Crippen LogP contribution is 2.39. The molecule has 1 aliphatic carbocycles. The molecule has 0 atom stereocenters. The highest BCUT2D eigenvalue weighted by Gasteiger charge is 2.24. The third kappa shape index (κ3) is 5.70. The van der Waals surface area contributed by atoms with Crippen LogP contribution in [0.1, 0.15) is 67.1 Å². The number of benzene rings is 2. The maximum absolute atomic E-state index is 12.9. The Hall–Kier alpha value is -3.64. The maximum atomic E-state index is 12.9. The standard InChI is InChI=1S/C28H33N5O3S/c1-18(2)37(34,35)26-14-10-9-13-22(26)31-27-24(29-4)17-30-28(33-27)32-23-15-19(3)21(16-25(23)36-5)20-11-7-6-8-12-20/h9-10,13-18,20H,6-8,11-12H2,1-3,5H3,(H2,30,31,32,33)/i5D3. The number of ether oxygens (including phenoxy) is 1. The molecule has 3 aromatic rings. The number of aromatic nitrogens is 2. The second-order valence-electron chi connectivity index (χ2n) is 9.52. The number of methoxy groups -OCH3 is 1. The Morgan fingerprint density at radius 3 is 2.59 bits per heavy atom. The van der Waals surface area contributed by atoms with Gasteiger partial charge in [0.2, 0.25) is 11.6 Å². The first-order valence-corrected chi connectivity index (χ1v) is 13.9. The van der Waals surface area contributed by atoms with Crippen LogP contribution in [0, 0.1) is 13.5 Å². The Morgan fingerprint density at radius 2 is 1.89 bits per heavy atom. The third-order valence-electron chi connectivity index (χ3n) is 6.73. The van der Waals surface area contributed by atoms with Crippen LogP contribution in [0.2, 0.25) is 0 Å². The van der Waals surface area contributed by atoms with Crippen molar-refractivity contribution in [2.45, 2.75) is 68.9 Å². The van der Waals surface area contributed by atoms with Crippen molar-refractivity contribution in [2.24, 2.45) is 0 Å². The van der Waals surface area contributed by atoms with Crippen LogP contribution in [0.4, 0.5) is 28.8 Å². The van der Waals surface area contributed by atoms with Crippen molar-refractivity contribution < 1.29 is 17.3 Å². The van der Waals surface area contributed by atoms with Crippen molar-refractivity contribution in [1.82, 2.24) is 9.97 Å². The van der Waals surface area contributed by atoms with E-state index in [2.05, 4.69) is 25.4 Å². The van der Waals surface area contributed by atoms with E-state index in [1.165, 1.54) is 18.7 Å². The van der Waals surface area contributed by atoms with Gasteiger partial charge in [0.05, 0.1) is 39.2 Å². The molecule has 0 radical (unpaired) electrons. The average Bonchev–Trinajstić information content (AvgIpc) is 2.90. The summed E-state index contributed by atoms with van der Waals surface area (Å²) in [5.41, 5.74) is 2.81. The maximum Gasteiger partial charge on any atom is 0.246 e. The summed E-state index contributed by atoms with van der Waals surface area (Å²) in [6.45, 7) is 12.7. The summed E-state index contributed by atoms with van der Waals surface area (Å²) >= 11 is 0. The van der Waals surface area contributed by atoms with Gasteiger partial charge in [0, 0.05) is 6.20 Å². The predicted octanol–water partition coefficient (Wildman–Crippen LogP) is 7.06. The van der Waals surface area contributed by atoms with Gasteiger partial charge in [0.15, 0.2) is 9.84 Å². The number of sulfone groups is 1. The summed E-state index contributed by atoms with van der Waals surface area (Å²) in [7, 11) is -6.28. The lowest BCUT2D eigenvalue weighted by Gasteiger charge is -2.25. The van der Waals surface area contributed by atoms with Crippen molar-refractivity contribution in [3.8, 4) is 5.75 Å². The second kappa shape index (κ2) is 11.2. The molecule has 9 heteroatoms. The van der Waals surface area contributed by atoms with Gasteiger partial charge in [-0.3, -0.25) is 0 Å². The molecule has 1 aliphatic rings. The summed E-state index contributed by atoms with van der Waals surface area (Å²) in [6.07, 6.45) is 6.89. The van der Waals surface area contributed by atoms with E-state index in [0.29, 0.717) is 11.6 Å². The normalized spacial score (nSPS) is 15.8. The third-order valence-corrected chi connectivity index (χ3v) is 8.94. The van der Waals surface area contributed by atoms with Gasteiger partial charge < -0.3 is 15.4 Å². The fourth-order valence-corrected chi connectivity index (χ4v) is 5.87. The molecule has 1 fully saturated rings. The van der Waals surface area contributed by atoms with E-state index in [-0.39, 0.29) is 33.8 Å². The molecule has 2 aromatic carbocycles. The topological polar surface area (TPSA) is 97.6 Å². The molecule has 0 unspecified atom stereocenters. The molecule has 0 aliphatic heterocycles. The van der Waals surface area contributed by atoms with Gasteiger partial charge in [0.1, 0.15) is 11.6 Å². The summed E-state index contributed by atoms with van der Waals surface area (Å²) in [5, 5.41) is 5.39. The number of hydrogen-bond donors (Lipinski definition) is 2.